The molecule has 2 heterocycles. The molecule has 0 unspecified atom stereocenters. The fourth-order valence-corrected chi connectivity index (χ4v) is 1.79. The quantitative estimate of drug-likeness (QED) is 0.765. The average molecular weight is 231 g/mol. The highest BCUT2D eigenvalue weighted by atomic mass is 35.5. The van der Waals surface area contributed by atoms with Crippen LogP contribution in [-0.4, -0.2) is 43.8 Å². The molecule has 2 saturated heterocycles. The van der Waals surface area contributed by atoms with Gasteiger partial charge in [0.2, 0.25) is 0 Å². The molecular weight excluding hydrogens is 214 g/mol. The molecule has 0 aromatic heterocycles. The Kier molecular flexibility index (Phi) is 6.21. The van der Waals surface area contributed by atoms with E-state index in [1.807, 2.05) is 0 Å². The number of likely N-dealkylation sites (tertiary alicyclic amines) is 1. The zero-order chi connectivity index (χ0) is 7.68. The molecule has 0 spiro atoms. The maximum atomic E-state index is 12.7. The molecule has 0 aliphatic carbocycles. The van der Waals surface area contributed by atoms with Gasteiger partial charge in [-0.05, 0) is 12.3 Å². The summed E-state index contributed by atoms with van der Waals surface area (Å²) in [5.41, 5.74) is 0. The van der Waals surface area contributed by atoms with E-state index < -0.39 is 6.17 Å². The lowest BCUT2D eigenvalue weighted by molar-refractivity contribution is 0.211. The topological polar surface area (TPSA) is 15.3 Å². The van der Waals surface area contributed by atoms with Crippen molar-refractivity contribution in [3.63, 3.8) is 0 Å². The van der Waals surface area contributed by atoms with Crippen LogP contribution in [0.2, 0.25) is 0 Å². The van der Waals surface area contributed by atoms with E-state index in [-0.39, 0.29) is 24.8 Å². The van der Waals surface area contributed by atoms with Gasteiger partial charge in [0.1, 0.15) is 6.17 Å². The van der Waals surface area contributed by atoms with Gasteiger partial charge in [-0.1, -0.05) is 0 Å². The minimum absolute atomic E-state index is 0. The highest BCUT2D eigenvalue weighted by Gasteiger charge is 2.26. The van der Waals surface area contributed by atoms with Gasteiger partial charge >= 0.3 is 0 Å². The highest BCUT2D eigenvalue weighted by Crippen LogP contribution is 2.15. The summed E-state index contributed by atoms with van der Waals surface area (Å²) in [5, 5.41) is 3.23. The van der Waals surface area contributed by atoms with Gasteiger partial charge in [0.25, 0.3) is 0 Å². The van der Waals surface area contributed by atoms with Crippen molar-refractivity contribution in [2.45, 2.75) is 12.6 Å². The Hall–Kier alpha value is 0.430. The first-order chi connectivity index (χ1) is 5.34. The van der Waals surface area contributed by atoms with Crippen LogP contribution in [0.5, 0.6) is 0 Å². The molecule has 0 saturated carbocycles. The van der Waals surface area contributed by atoms with Crippen molar-refractivity contribution in [3.05, 3.63) is 0 Å². The molecule has 2 nitrogen and oxygen atoms in total. The second-order valence-electron chi connectivity index (χ2n) is 3.67. The molecule has 1 atom stereocenters. The molecule has 80 valence electrons. The van der Waals surface area contributed by atoms with E-state index in [1.54, 1.807) is 0 Å². The average Bonchev–Trinajstić information content (AvgIpc) is 2.27. The molecule has 0 bridgehead atoms. The number of hydrogen-bond acceptors (Lipinski definition) is 2. The van der Waals surface area contributed by atoms with Crippen molar-refractivity contribution in [2.24, 2.45) is 5.92 Å². The lowest BCUT2D eigenvalue weighted by Crippen LogP contribution is -2.47. The first kappa shape index (κ1) is 13.4. The molecular formula is C8H17Cl2FN2. The molecule has 13 heavy (non-hydrogen) atoms. The normalized spacial score (nSPS) is 28.8. The van der Waals surface area contributed by atoms with Crippen molar-refractivity contribution in [1.29, 1.82) is 0 Å². The van der Waals surface area contributed by atoms with Crippen LogP contribution in [0.15, 0.2) is 0 Å². The number of nitrogens with one attached hydrogen (secondary N) is 1. The summed E-state index contributed by atoms with van der Waals surface area (Å²) in [4.78, 5) is 2.25. The van der Waals surface area contributed by atoms with E-state index in [0.717, 1.165) is 38.5 Å². The first-order valence-corrected chi connectivity index (χ1v) is 4.42. The Labute approximate surface area is 91.1 Å². The van der Waals surface area contributed by atoms with Gasteiger partial charge in [-0.25, -0.2) is 4.39 Å². The Bertz CT molecular complexity index is 144. The SMILES string of the molecule is Cl.Cl.F[C@H]1CCN(CC2CNC2)C1. The van der Waals surface area contributed by atoms with Gasteiger partial charge in [0, 0.05) is 32.7 Å². The second-order valence-corrected chi connectivity index (χ2v) is 3.67. The van der Waals surface area contributed by atoms with Crippen LogP contribution in [0, 0.1) is 5.92 Å². The van der Waals surface area contributed by atoms with Crippen LogP contribution in [0.1, 0.15) is 6.42 Å². The molecule has 0 amide bonds. The van der Waals surface area contributed by atoms with Crippen molar-refractivity contribution >= 4 is 24.8 Å². The van der Waals surface area contributed by atoms with Crippen LogP contribution < -0.4 is 5.32 Å². The minimum Gasteiger partial charge on any atom is -0.316 e. The first-order valence-electron chi connectivity index (χ1n) is 4.42. The van der Waals surface area contributed by atoms with Gasteiger partial charge in [0.05, 0.1) is 0 Å². The number of nitrogens with zero attached hydrogens (tertiary/aromatic N) is 1. The predicted octanol–water partition coefficient (Wildman–Crippen LogP) is 1.09. The van der Waals surface area contributed by atoms with Gasteiger partial charge in [-0.3, -0.25) is 4.90 Å². The van der Waals surface area contributed by atoms with Gasteiger partial charge in [-0.2, -0.15) is 0 Å². The molecule has 1 N–H and O–H groups in total. The Morgan fingerprint density at radius 3 is 2.38 bits per heavy atom. The molecule has 0 aromatic carbocycles. The molecule has 5 heteroatoms. The van der Waals surface area contributed by atoms with Crippen molar-refractivity contribution in [1.82, 2.24) is 10.2 Å². The van der Waals surface area contributed by atoms with Gasteiger partial charge < -0.3 is 5.32 Å². The maximum Gasteiger partial charge on any atom is 0.114 e. The lowest BCUT2D eigenvalue weighted by Gasteiger charge is -2.30. The third kappa shape index (κ3) is 3.58. The van der Waals surface area contributed by atoms with Crippen LogP contribution in [-0.2, 0) is 0 Å². The van der Waals surface area contributed by atoms with Gasteiger partial charge in [-0.15, -0.1) is 24.8 Å². The fourth-order valence-electron chi connectivity index (χ4n) is 1.79. The van der Waals surface area contributed by atoms with Crippen LogP contribution >= 0.6 is 24.8 Å². The summed E-state index contributed by atoms with van der Waals surface area (Å²) >= 11 is 0. The molecule has 2 fully saturated rings. The number of hydrogen-bond donors (Lipinski definition) is 1. The molecule has 2 aliphatic rings. The fraction of sp³-hybridized carbons (Fsp3) is 1.00. The zero-order valence-electron chi connectivity index (χ0n) is 7.54. The number of rotatable bonds is 2. The monoisotopic (exact) mass is 230 g/mol. The summed E-state index contributed by atoms with van der Waals surface area (Å²) in [6, 6.07) is 0. The smallest absolute Gasteiger partial charge is 0.114 e. The third-order valence-corrected chi connectivity index (χ3v) is 2.60. The standard InChI is InChI=1S/C8H15FN2.2ClH/c9-8-1-2-11(6-8)5-7-3-10-4-7;;/h7-8,10H,1-6H2;2*1H/t8-;;/m0../s1. The number of alkyl halides is 1. The molecule has 0 radical (unpaired) electrons. The highest BCUT2D eigenvalue weighted by molar-refractivity contribution is 5.85. The molecule has 2 rings (SSSR count). The Balaban J connectivity index is 0.000000720. The summed E-state index contributed by atoms with van der Waals surface area (Å²) in [7, 11) is 0. The lowest BCUT2D eigenvalue weighted by atomic mass is 10.0. The van der Waals surface area contributed by atoms with Crippen LogP contribution in [0.4, 0.5) is 4.39 Å². The summed E-state index contributed by atoms with van der Waals surface area (Å²) in [6.07, 6.45) is 0.197. The van der Waals surface area contributed by atoms with E-state index in [1.165, 1.54) is 0 Å². The van der Waals surface area contributed by atoms with Gasteiger partial charge in [0.15, 0.2) is 0 Å². The Morgan fingerprint density at radius 2 is 2.00 bits per heavy atom. The second kappa shape index (κ2) is 6.02. The van der Waals surface area contributed by atoms with Crippen molar-refractivity contribution < 1.29 is 4.39 Å². The third-order valence-electron chi connectivity index (χ3n) is 2.60. The summed E-state index contributed by atoms with van der Waals surface area (Å²) in [5.74, 6) is 0.792. The molecule has 0 aromatic rings. The molecule has 2 aliphatic heterocycles. The Morgan fingerprint density at radius 1 is 1.31 bits per heavy atom. The van der Waals surface area contributed by atoms with E-state index in [2.05, 4.69) is 10.2 Å². The maximum absolute atomic E-state index is 12.7. The van der Waals surface area contributed by atoms with Crippen LogP contribution in [0.25, 0.3) is 0 Å². The van der Waals surface area contributed by atoms with E-state index in [9.17, 15) is 4.39 Å². The van der Waals surface area contributed by atoms with Crippen LogP contribution in [0.3, 0.4) is 0 Å². The van der Waals surface area contributed by atoms with Crippen molar-refractivity contribution in [2.75, 3.05) is 32.7 Å². The van der Waals surface area contributed by atoms with Crippen molar-refractivity contribution in [3.8, 4) is 0 Å². The predicted molar refractivity (Wildman–Crippen MR) is 56.8 cm³/mol. The summed E-state index contributed by atoms with van der Waals surface area (Å²) < 4.78 is 12.7. The summed E-state index contributed by atoms with van der Waals surface area (Å²) in [6.45, 7) is 5.02. The number of halogens is 3. The largest absolute Gasteiger partial charge is 0.316 e. The zero-order valence-corrected chi connectivity index (χ0v) is 9.17. The van der Waals surface area contributed by atoms with E-state index >= 15 is 0 Å². The minimum atomic E-state index is -0.553. The van der Waals surface area contributed by atoms with E-state index in [0.29, 0.717) is 6.54 Å². The van der Waals surface area contributed by atoms with E-state index in [4.69, 9.17) is 0 Å².